The number of halogens is 1. The fraction of sp³-hybridized carbons (Fsp3) is 0.310. The molecule has 4 aromatic rings. The number of carboxylic acid groups (broad SMARTS) is 1. The van der Waals surface area contributed by atoms with Gasteiger partial charge in [0.1, 0.15) is 11.6 Å². The van der Waals surface area contributed by atoms with Crippen LogP contribution in [0.15, 0.2) is 42.6 Å². The summed E-state index contributed by atoms with van der Waals surface area (Å²) in [5.74, 6) is -0.862. The highest BCUT2D eigenvalue weighted by Gasteiger charge is 2.34. The molecule has 0 unspecified atom stereocenters. The molecule has 0 fully saturated rings. The van der Waals surface area contributed by atoms with Crippen LogP contribution >= 0.6 is 0 Å². The number of pyridine rings is 1. The van der Waals surface area contributed by atoms with Gasteiger partial charge in [-0.3, -0.25) is 4.98 Å². The molecular weight excluding hydrogens is 445 g/mol. The molecule has 3 aromatic carbocycles. The molecule has 1 aliphatic rings. The highest BCUT2D eigenvalue weighted by atomic mass is 19.1. The molecule has 1 aliphatic heterocycles. The number of carbonyl (C=O) groups is 1. The maximum Gasteiger partial charge on any atom is 0.337 e. The van der Waals surface area contributed by atoms with E-state index in [0.29, 0.717) is 34.0 Å². The van der Waals surface area contributed by atoms with Crippen molar-refractivity contribution in [3.63, 3.8) is 0 Å². The second-order valence-electron chi connectivity index (χ2n) is 10.1. The predicted octanol–water partition coefficient (Wildman–Crippen LogP) is 6.69. The summed E-state index contributed by atoms with van der Waals surface area (Å²) in [6.45, 7) is 9.50. The zero-order valence-corrected chi connectivity index (χ0v) is 20.5. The van der Waals surface area contributed by atoms with Gasteiger partial charge in [-0.05, 0) is 81.0 Å². The molecule has 1 N–H and O–H groups in total. The van der Waals surface area contributed by atoms with Crippen LogP contribution in [0.4, 0.5) is 4.39 Å². The van der Waals surface area contributed by atoms with Crippen molar-refractivity contribution in [1.29, 1.82) is 0 Å². The molecule has 0 saturated carbocycles. The van der Waals surface area contributed by atoms with Crippen LogP contribution in [0.2, 0.25) is 0 Å². The number of aliphatic carboxylic acids is 1. The van der Waals surface area contributed by atoms with Gasteiger partial charge >= 0.3 is 5.97 Å². The van der Waals surface area contributed by atoms with E-state index in [1.54, 1.807) is 40.0 Å². The zero-order valence-electron chi connectivity index (χ0n) is 20.5. The van der Waals surface area contributed by atoms with E-state index in [4.69, 9.17) is 14.5 Å². The number of aryl methyl sites for hydroxylation is 1. The lowest BCUT2D eigenvalue weighted by Crippen LogP contribution is -2.28. The highest BCUT2D eigenvalue weighted by Crippen LogP contribution is 2.46. The van der Waals surface area contributed by atoms with Crippen molar-refractivity contribution in [1.82, 2.24) is 4.98 Å². The Bertz CT molecular complexity index is 1490. The summed E-state index contributed by atoms with van der Waals surface area (Å²) in [6, 6.07) is 11.3. The Morgan fingerprint density at radius 2 is 1.91 bits per heavy atom. The molecule has 6 heteroatoms. The van der Waals surface area contributed by atoms with Crippen molar-refractivity contribution in [2.45, 2.75) is 52.7 Å². The summed E-state index contributed by atoms with van der Waals surface area (Å²) in [4.78, 5) is 17.3. The van der Waals surface area contributed by atoms with Crippen molar-refractivity contribution in [2.75, 3.05) is 6.61 Å². The van der Waals surface area contributed by atoms with Gasteiger partial charge in [-0.25, -0.2) is 9.18 Å². The maximum absolute atomic E-state index is 15.8. The summed E-state index contributed by atoms with van der Waals surface area (Å²) in [6.07, 6.45) is 1.15. The number of rotatable bonds is 4. The molecule has 180 valence electrons. The van der Waals surface area contributed by atoms with E-state index < -0.39 is 23.5 Å². The molecule has 0 spiro atoms. The van der Waals surface area contributed by atoms with Crippen molar-refractivity contribution in [2.24, 2.45) is 0 Å². The average molecular weight is 474 g/mol. The minimum Gasteiger partial charge on any atom is -0.493 e. The summed E-state index contributed by atoms with van der Waals surface area (Å²) in [7, 11) is 0. The fourth-order valence-corrected chi connectivity index (χ4v) is 5.02. The summed E-state index contributed by atoms with van der Waals surface area (Å²) >= 11 is 0. The number of fused-ring (bicyclic) bond motifs is 1. The third-order valence-electron chi connectivity index (χ3n) is 6.48. The predicted molar refractivity (Wildman–Crippen MR) is 135 cm³/mol. The Balaban J connectivity index is 1.95. The normalized spacial score (nSPS) is 14.2. The van der Waals surface area contributed by atoms with E-state index in [2.05, 4.69) is 0 Å². The lowest BCUT2D eigenvalue weighted by atomic mass is 9.85. The first kappa shape index (κ1) is 23.2. The Morgan fingerprint density at radius 3 is 2.63 bits per heavy atom. The quantitative estimate of drug-likeness (QED) is 0.358. The van der Waals surface area contributed by atoms with E-state index in [0.717, 1.165) is 34.2 Å². The molecular formula is C29H28FNO4. The molecule has 5 nitrogen and oxygen atoms in total. The summed E-state index contributed by atoms with van der Waals surface area (Å²) in [5, 5.41) is 12.2. The van der Waals surface area contributed by atoms with E-state index in [1.165, 1.54) is 0 Å². The number of ether oxygens (including phenoxy) is 2. The van der Waals surface area contributed by atoms with Crippen molar-refractivity contribution in [3.05, 3.63) is 70.7 Å². The minimum atomic E-state index is -1.37. The number of benzene rings is 3. The first-order valence-electron chi connectivity index (χ1n) is 11.7. The minimum absolute atomic E-state index is 0.256. The lowest BCUT2D eigenvalue weighted by Gasteiger charge is -2.29. The molecule has 0 aliphatic carbocycles. The third-order valence-corrected chi connectivity index (χ3v) is 6.48. The van der Waals surface area contributed by atoms with Crippen LogP contribution in [0.3, 0.4) is 0 Å². The molecule has 0 radical (unpaired) electrons. The van der Waals surface area contributed by atoms with E-state index in [-0.39, 0.29) is 5.56 Å². The van der Waals surface area contributed by atoms with Crippen molar-refractivity contribution in [3.8, 4) is 16.9 Å². The molecule has 0 saturated heterocycles. The van der Waals surface area contributed by atoms with Gasteiger partial charge in [0.05, 0.1) is 17.7 Å². The molecule has 35 heavy (non-hydrogen) atoms. The first-order valence-corrected chi connectivity index (χ1v) is 11.7. The van der Waals surface area contributed by atoms with Gasteiger partial charge in [-0.1, -0.05) is 17.7 Å². The Hall–Kier alpha value is -3.51. The first-order chi connectivity index (χ1) is 16.6. The topological polar surface area (TPSA) is 68.7 Å². The Labute approximate surface area is 203 Å². The van der Waals surface area contributed by atoms with Gasteiger partial charge in [0.2, 0.25) is 0 Å². The summed E-state index contributed by atoms with van der Waals surface area (Å²) in [5.41, 5.74) is 3.89. The van der Waals surface area contributed by atoms with Crippen LogP contribution in [0, 0.1) is 19.7 Å². The van der Waals surface area contributed by atoms with Gasteiger partial charge in [0, 0.05) is 34.5 Å². The van der Waals surface area contributed by atoms with Gasteiger partial charge < -0.3 is 14.6 Å². The molecule has 5 rings (SSSR count). The second kappa shape index (κ2) is 8.31. The van der Waals surface area contributed by atoms with E-state index in [1.807, 2.05) is 37.3 Å². The molecule has 2 heterocycles. The Morgan fingerprint density at radius 1 is 1.14 bits per heavy atom. The number of aromatic nitrogens is 1. The van der Waals surface area contributed by atoms with Crippen molar-refractivity contribution < 1.29 is 23.8 Å². The number of hydrogen-bond donors (Lipinski definition) is 1. The van der Waals surface area contributed by atoms with Crippen LogP contribution in [0.25, 0.3) is 32.8 Å². The van der Waals surface area contributed by atoms with Gasteiger partial charge in [0.25, 0.3) is 0 Å². The van der Waals surface area contributed by atoms with E-state index in [9.17, 15) is 9.90 Å². The van der Waals surface area contributed by atoms with Crippen LogP contribution in [0.1, 0.15) is 49.1 Å². The summed E-state index contributed by atoms with van der Waals surface area (Å²) < 4.78 is 27.7. The van der Waals surface area contributed by atoms with Crippen LogP contribution in [-0.4, -0.2) is 28.3 Å². The lowest BCUT2D eigenvalue weighted by molar-refractivity contribution is -0.160. The van der Waals surface area contributed by atoms with E-state index >= 15 is 4.39 Å². The number of carboxylic acids is 1. The third kappa shape index (κ3) is 3.92. The van der Waals surface area contributed by atoms with Gasteiger partial charge in [0.15, 0.2) is 6.10 Å². The molecule has 0 amide bonds. The van der Waals surface area contributed by atoms with Crippen molar-refractivity contribution >= 4 is 27.6 Å². The van der Waals surface area contributed by atoms with Gasteiger partial charge in [-0.2, -0.15) is 0 Å². The van der Waals surface area contributed by atoms with Gasteiger partial charge in [-0.15, -0.1) is 0 Å². The van der Waals surface area contributed by atoms with Crippen LogP contribution in [-0.2, 0) is 16.0 Å². The zero-order chi connectivity index (χ0) is 25.1. The number of nitrogens with zero attached hydrogens (tertiary/aromatic N) is 1. The second-order valence-corrected chi connectivity index (χ2v) is 10.1. The molecule has 0 bridgehead atoms. The smallest absolute Gasteiger partial charge is 0.337 e. The largest absolute Gasteiger partial charge is 0.493 e. The highest BCUT2D eigenvalue weighted by molar-refractivity contribution is 6.09. The molecule has 1 aromatic heterocycles. The average Bonchev–Trinajstić information content (AvgIpc) is 2.80. The Kier molecular flexibility index (Phi) is 5.52. The fourth-order valence-electron chi connectivity index (χ4n) is 5.02. The number of hydrogen-bond acceptors (Lipinski definition) is 4. The maximum atomic E-state index is 15.8. The van der Waals surface area contributed by atoms with Crippen LogP contribution < -0.4 is 4.74 Å². The standard InChI is InChI=1S/C29H28FNO4/c1-15-6-7-18-20(14-15)25(30)16(2)22(27(28(32)33)35-29(3,4)5)24(18)19-8-9-21-23-17(11-13-34-21)10-12-31-26(19)23/h6-10,12,14,27H,11,13H2,1-5H3,(H,32,33)/t27-/m1/s1. The van der Waals surface area contributed by atoms with Crippen LogP contribution in [0.5, 0.6) is 5.75 Å². The SMILES string of the molecule is Cc1ccc2c(-c3ccc4c5c(ccnc35)CCO4)c([C@@H](OC(C)(C)C)C(=O)O)c(C)c(F)c2c1. The molecule has 1 atom stereocenters. The monoisotopic (exact) mass is 473 g/mol.